The summed E-state index contributed by atoms with van der Waals surface area (Å²) in [4.78, 5) is 21.1. The molecule has 0 amide bonds. The quantitative estimate of drug-likeness (QED) is 0.645. The highest BCUT2D eigenvalue weighted by Gasteiger charge is 2.11. The summed E-state index contributed by atoms with van der Waals surface area (Å²) in [7, 11) is 1.44. The van der Waals surface area contributed by atoms with Crippen LogP contribution in [0.2, 0.25) is 0 Å². The molecule has 0 saturated carbocycles. The SMILES string of the molecule is COc1cc(CN[C@H](C)C(=O)O)ccc1OCC(=O)O. The van der Waals surface area contributed by atoms with E-state index in [1.807, 2.05) is 0 Å². The lowest BCUT2D eigenvalue weighted by Crippen LogP contribution is -2.33. The van der Waals surface area contributed by atoms with E-state index < -0.39 is 24.6 Å². The van der Waals surface area contributed by atoms with Crippen molar-refractivity contribution in [2.75, 3.05) is 13.7 Å². The zero-order valence-electron chi connectivity index (χ0n) is 11.3. The van der Waals surface area contributed by atoms with Crippen molar-refractivity contribution < 1.29 is 29.3 Å². The van der Waals surface area contributed by atoms with Crippen molar-refractivity contribution in [3.8, 4) is 11.5 Å². The molecule has 7 nitrogen and oxygen atoms in total. The largest absolute Gasteiger partial charge is 0.493 e. The van der Waals surface area contributed by atoms with E-state index in [0.29, 0.717) is 18.0 Å². The average Bonchev–Trinajstić information content (AvgIpc) is 2.42. The minimum atomic E-state index is -1.08. The predicted octanol–water partition coefficient (Wildman–Crippen LogP) is 0.721. The van der Waals surface area contributed by atoms with E-state index in [4.69, 9.17) is 19.7 Å². The van der Waals surface area contributed by atoms with Gasteiger partial charge >= 0.3 is 11.9 Å². The average molecular weight is 283 g/mol. The van der Waals surface area contributed by atoms with E-state index >= 15 is 0 Å². The predicted molar refractivity (Wildman–Crippen MR) is 70.1 cm³/mol. The van der Waals surface area contributed by atoms with E-state index in [1.165, 1.54) is 7.11 Å². The highest BCUT2D eigenvalue weighted by molar-refractivity contribution is 5.72. The van der Waals surface area contributed by atoms with Gasteiger partial charge in [0.05, 0.1) is 7.11 Å². The van der Waals surface area contributed by atoms with Gasteiger partial charge in [-0.1, -0.05) is 6.07 Å². The summed E-state index contributed by atoms with van der Waals surface area (Å²) < 4.78 is 10.2. The van der Waals surface area contributed by atoms with Gasteiger partial charge in [0.15, 0.2) is 18.1 Å². The first-order valence-corrected chi connectivity index (χ1v) is 5.91. The summed E-state index contributed by atoms with van der Waals surface area (Å²) in [5, 5.41) is 20.2. The molecule has 0 fully saturated rings. The zero-order chi connectivity index (χ0) is 15.1. The van der Waals surface area contributed by atoms with Gasteiger partial charge in [-0.2, -0.15) is 0 Å². The maximum Gasteiger partial charge on any atom is 0.341 e. The fourth-order valence-corrected chi connectivity index (χ4v) is 1.44. The summed E-state index contributed by atoms with van der Waals surface area (Å²) in [5.74, 6) is -1.29. The molecule has 1 aromatic carbocycles. The summed E-state index contributed by atoms with van der Waals surface area (Å²) in [6.45, 7) is 1.44. The first kappa shape index (κ1) is 15.8. The van der Waals surface area contributed by atoms with Crippen molar-refractivity contribution in [1.82, 2.24) is 5.32 Å². The number of benzene rings is 1. The topological polar surface area (TPSA) is 105 Å². The highest BCUT2D eigenvalue weighted by Crippen LogP contribution is 2.28. The summed E-state index contributed by atoms with van der Waals surface area (Å²) >= 11 is 0. The Bertz CT molecular complexity index is 488. The molecule has 0 saturated heterocycles. The molecule has 0 aliphatic rings. The Labute approximate surface area is 116 Å². The summed E-state index contributed by atoms with van der Waals surface area (Å²) in [6, 6.07) is 4.30. The second kappa shape index (κ2) is 7.34. The molecule has 0 bridgehead atoms. The maximum atomic E-state index is 10.7. The second-order valence-corrected chi connectivity index (χ2v) is 4.11. The number of hydrogen-bond donors (Lipinski definition) is 3. The summed E-state index contributed by atoms with van der Waals surface area (Å²) in [6.07, 6.45) is 0. The smallest absolute Gasteiger partial charge is 0.341 e. The molecule has 0 radical (unpaired) electrons. The number of carbonyl (C=O) groups is 2. The fourth-order valence-electron chi connectivity index (χ4n) is 1.44. The van der Waals surface area contributed by atoms with Gasteiger partial charge < -0.3 is 25.0 Å². The molecule has 0 aliphatic carbocycles. The molecule has 1 rings (SSSR count). The molecule has 1 aromatic rings. The number of methoxy groups -OCH3 is 1. The molecule has 3 N–H and O–H groups in total. The van der Waals surface area contributed by atoms with Crippen LogP contribution in [0, 0.1) is 0 Å². The van der Waals surface area contributed by atoms with Crippen LogP contribution in [0.3, 0.4) is 0 Å². The molecular weight excluding hydrogens is 266 g/mol. The van der Waals surface area contributed by atoms with Crippen molar-refractivity contribution in [3.05, 3.63) is 23.8 Å². The van der Waals surface area contributed by atoms with Gasteiger partial charge in [-0.25, -0.2) is 4.79 Å². The van der Waals surface area contributed by atoms with Crippen LogP contribution in [0.4, 0.5) is 0 Å². The molecule has 0 unspecified atom stereocenters. The summed E-state index contributed by atoms with van der Waals surface area (Å²) in [5.41, 5.74) is 0.803. The molecule has 20 heavy (non-hydrogen) atoms. The number of carboxylic acids is 2. The van der Waals surface area contributed by atoms with E-state index in [9.17, 15) is 9.59 Å². The van der Waals surface area contributed by atoms with Gasteiger partial charge in [-0.3, -0.25) is 4.79 Å². The molecule has 0 spiro atoms. The van der Waals surface area contributed by atoms with Crippen LogP contribution in [-0.4, -0.2) is 41.9 Å². The van der Waals surface area contributed by atoms with Crippen molar-refractivity contribution in [2.24, 2.45) is 0 Å². The van der Waals surface area contributed by atoms with Crippen molar-refractivity contribution >= 4 is 11.9 Å². The Morgan fingerprint density at radius 2 is 2.00 bits per heavy atom. The minimum Gasteiger partial charge on any atom is -0.493 e. The highest BCUT2D eigenvalue weighted by atomic mass is 16.5. The van der Waals surface area contributed by atoms with Gasteiger partial charge in [0.2, 0.25) is 0 Å². The van der Waals surface area contributed by atoms with Crippen LogP contribution in [0.25, 0.3) is 0 Å². The lowest BCUT2D eigenvalue weighted by atomic mass is 10.2. The van der Waals surface area contributed by atoms with Crippen LogP contribution in [-0.2, 0) is 16.1 Å². The standard InChI is InChI=1S/C13H17NO6/c1-8(13(17)18)14-6-9-3-4-10(11(5-9)19-2)20-7-12(15)16/h3-5,8,14H,6-7H2,1-2H3,(H,15,16)(H,17,18)/t8-/m1/s1. The Morgan fingerprint density at radius 3 is 2.55 bits per heavy atom. The third-order valence-electron chi connectivity index (χ3n) is 2.56. The Morgan fingerprint density at radius 1 is 1.30 bits per heavy atom. The molecular formula is C13H17NO6. The van der Waals surface area contributed by atoms with Crippen LogP contribution >= 0.6 is 0 Å². The maximum absolute atomic E-state index is 10.7. The lowest BCUT2D eigenvalue weighted by Gasteiger charge is -2.12. The Hall–Kier alpha value is -2.28. The second-order valence-electron chi connectivity index (χ2n) is 4.11. The fraction of sp³-hybridized carbons (Fsp3) is 0.385. The number of ether oxygens (including phenoxy) is 2. The van der Waals surface area contributed by atoms with E-state index in [-0.39, 0.29) is 0 Å². The molecule has 7 heteroatoms. The zero-order valence-corrected chi connectivity index (χ0v) is 11.3. The van der Waals surface area contributed by atoms with Gasteiger partial charge in [0.1, 0.15) is 6.04 Å². The molecule has 0 aromatic heterocycles. The van der Waals surface area contributed by atoms with Crippen molar-refractivity contribution in [3.63, 3.8) is 0 Å². The molecule has 110 valence electrons. The van der Waals surface area contributed by atoms with E-state index in [1.54, 1.807) is 25.1 Å². The minimum absolute atomic E-state index is 0.324. The van der Waals surface area contributed by atoms with Crippen molar-refractivity contribution in [2.45, 2.75) is 19.5 Å². The van der Waals surface area contributed by atoms with Crippen LogP contribution in [0.15, 0.2) is 18.2 Å². The third-order valence-corrected chi connectivity index (χ3v) is 2.56. The first-order chi connectivity index (χ1) is 9.43. The number of carboxylic acid groups (broad SMARTS) is 2. The molecule has 0 heterocycles. The third kappa shape index (κ3) is 4.77. The molecule has 1 atom stereocenters. The van der Waals surface area contributed by atoms with Gasteiger partial charge in [-0.15, -0.1) is 0 Å². The van der Waals surface area contributed by atoms with E-state index in [2.05, 4.69) is 5.32 Å². The number of hydrogen-bond acceptors (Lipinski definition) is 5. The van der Waals surface area contributed by atoms with Gasteiger partial charge in [0.25, 0.3) is 0 Å². The Balaban J connectivity index is 2.71. The number of nitrogens with one attached hydrogen (secondary N) is 1. The normalized spacial score (nSPS) is 11.7. The van der Waals surface area contributed by atoms with Crippen LogP contribution in [0.1, 0.15) is 12.5 Å². The monoisotopic (exact) mass is 283 g/mol. The van der Waals surface area contributed by atoms with Gasteiger partial charge in [0, 0.05) is 6.54 Å². The van der Waals surface area contributed by atoms with Crippen molar-refractivity contribution in [1.29, 1.82) is 0 Å². The number of rotatable bonds is 8. The molecule has 0 aliphatic heterocycles. The lowest BCUT2D eigenvalue weighted by molar-refractivity contribution is -0.140. The first-order valence-electron chi connectivity index (χ1n) is 5.91. The Kier molecular flexibility index (Phi) is 5.79. The van der Waals surface area contributed by atoms with E-state index in [0.717, 1.165) is 5.56 Å². The number of aliphatic carboxylic acids is 2. The van der Waals surface area contributed by atoms with Gasteiger partial charge in [-0.05, 0) is 24.6 Å². The van der Waals surface area contributed by atoms with Crippen LogP contribution in [0.5, 0.6) is 11.5 Å². The van der Waals surface area contributed by atoms with Crippen LogP contribution < -0.4 is 14.8 Å².